The molecular formula is C21H16ClF3N6O. The van der Waals surface area contributed by atoms with E-state index in [0.29, 0.717) is 33.9 Å². The molecule has 164 valence electrons. The fraction of sp³-hybridized carbons (Fsp3) is 0.143. The van der Waals surface area contributed by atoms with Crippen molar-refractivity contribution in [3.63, 3.8) is 0 Å². The van der Waals surface area contributed by atoms with Crippen molar-refractivity contribution in [2.45, 2.75) is 19.6 Å². The van der Waals surface area contributed by atoms with E-state index in [1.54, 1.807) is 28.8 Å². The maximum absolute atomic E-state index is 12.8. The third-order valence-electron chi connectivity index (χ3n) is 4.54. The predicted molar refractivity (Wildman–Crippen MR) is 115 cm³/mol. The summed E-state index contributed by atoms with van der Waals surface area (Å²) in [6, 6.07) is 11.9. The molecule has 2 N–H and O–H groups in total. The van der Waals surface area contributed by atoms with Crippen LogP contribution in [0.15, 0.2) is 54.9 Å². The molecule has 7 nitrogen and oxygen atoms in total. The summed E-state index contributed by atoms with van der Waals surface area (Å²) in [5.41, 5.74) is 2.16. The van der Waals surface area contributed by atoms with Crippen molar-refractivity contribution in [2.24, 2.45) is 0 Å². The molecule has 4 aromatic rings. The number of benzene rings is 2. The molecule has 11 heteroatoms. The number of nitrogens with one attached hydrogen (secondary N) is 2. The zero-order valence-electron chi connectivity index (χ0n) is 16.6. The van der Waals surface area contributed by atoms with Crippen molar-refractivity contribution < 1.29 is 18.0 Å². The highest BCUT2D eigenvalue weighted by Crippen LogP contribution is 2.30. The van der Waals surface area contributed by atoms with Crippen molar-refractivity contribution in [2.75, 3.05) is 10.6 Å². The van der Waals surface area contributed by atoms with Gasteiger partial charge in [-0.1, -0.05) is 12.1 Å². The summed E-state index contributed by atoms with van der Waals surface area (Å²) in [4.78, 5) is 23.9. The molecule has 1 amide bonds. The Morgan fingerprint density at radius 1 is 1.03 bits per heavy atom. The van der Waals surface area contributed by atoms with Crippen LogP contribution in [0.1, 0.15) is 18.1 Å². The Morgan fingerprint density at radius 3 is 2.31 bits per heavy atom. The summed E-state index contributed by atoms with van der Waals surface area (Å²) in [6.45, 7) is 1.68. The standard InChI is InChI=1S/C21H16ClF3N6O/c1-12(32)27-15-6-8-16(9-7-15)28-18-17-19(30-20(22)29-18)31(11-26-17)10-13-2-4-14(5-3-13)21(23,24)25/h2-9,11H,10H2,1H3,(H,27,32)(H,28,29,30). The number of nitrogens with zero attached hydrogens (tertiary/aromatic N) is 4. The fourth-order valence-corrected chi connectivity index (χ4v) is 3.26. The van der Waals surface area contributed by atoms with Crippen LogP contribution in [0.5, 0.6) is 0 Å². The van der Waals surface area contributed by atoms with Crippen molar-refractivity contribution in [3.8, 4) is 0 Å². The van der Waals surface area contributed by atoms with Gasteiger partial charge in [-0.2, -0.15) is 23.1 Å². The number of rotatable bonds is 5. The van der Waals surface area contributed by atoms with Gasteiger partial charge in [-0.25, -0.2) is 4.98 Å². The minimum absolute atomic E-state index is 0.0102. The molecule has 32 heavy (non-hydrogen) atoms. The molecule has 0 aliphatic carbocycles. The lowest BCUT2D eigenvalue weighted by Crippen LogP contribution is -2.06. The van der Waals surface area contributed by atoms with Gasteiger partial charge in [-0.05, 0) is 53.6 Å². The molecule has 0 aliphatic rings. The molecule has 0 aliphatic heterocycles. The SMILES string of the molecule is CC(=O)Nc1ccc(Nc2nc(Cl)nc3c2ncn3Cc2ccc(C(F)(F)F)cc2)cc1. The zero-order valence-corrected chi connectivity index (χ0v) is 17.4. The van der Waals surface area contributed by atoms with Crippen molar-refractivity contribution in [1.29, 1.82) is 0 Å². The molecule has 4 rings (SSSR count). The van der Waals surface area contributed by atoms with Crippen LogP contribution in [-0.4, -0.2) is 25.4 Å². The van der Waals surface area contributed by atoms with Crippen LogP contribution in [0.3, 0.4) is 0 Å². The highest BCUT2D eigenvalue weighted by atomic mass is 35.5. The number of anilines is 3. The van der Waals surface area contributed by atoms with Gasteiger partial charge in [0, 0.05) is 18.3 Å². The van der Waals surface area contributed by atoms with Crippen LogP contribution in [0.2, 0.25) is 5.28 Å². The van der Waals surface area contributed by atoms with E-state index in [0.717, 1.165) is 12.1 Å². The molecule has 0 atom stereocenters. The first-order valence-corrected chi connectivity index (χ1v) is 9.76. The van der Waals surface area contributed by atoms with Crippen LogP contribution in [0, 0.1) is 0 Å². The monoisotopic (exact) mass is 460 g/mol. The number of aromatic nitrogens is 4. The number of halogens is 4. The first-order valence-electron chi connectivity index (χ1n) is 9.38. The Kier molecular flexibility index (Phi) is 5.70. The van der Waals surface area contributed by atoms with Crippen LogP contribution < -0.4 is 10.6 Å². The molecule has 0 spiro atoms. The summed E-state index contributed by atoms with van der Waals surface area (Å²) in [5.74, 6) is 0.201. The summed E-state index contributed by atoms with van der Waals surface area (Å²) >= 11 is 6.10. The highest BCUT2D eigenvalue weighted by molar-refractivity contribution is 6.28. The molecular weight excluding hydrogens is 445 g/mol. The van der Waals surface area contributed by atoms with Gasteiger partial charge in [-0.15, -0.1) is 0 Å². The van der Waals surface area contributed by atoms with Gasteiger partial charge in [0.15, 0.2) is 17.0 Å². The van der Waals surface area contributed by atoms with E-state index in [4.69, 9.17) is 11.6 Å². The number of hydrogen-bond acceptors (Lipinski definition) is 5. The normalized spacial score (nSPS) is 11.5. The van der Waals surface area contributed by atoms with E-state index in [1.807, 2.05) is 0 Å². The zero-order chi connectivity index (χ0) is 22.9. The molecule has 0 saturated carbocycles. The van der Waals surface area contributed by atoms with E-state index in [-0.39, 0.29) is 17.7 Å². The average molecular weight is 461 g/mol. The van der Waals surface area contributed by atoms with E-state index in [9.17, 15) is 18.0 Å². The second-order valence-electron chi connectivity index (χ2n) is 6.96. The van der Waals surface area contributed by atoms with Gasteiger partial charge < -0.3 is 15.2 Å². The summed E-state index contributed by atoms with van der Waals surface area (Å²) < 4.78 is 40.0. The lowest BCUT2D eigenvalue weighted by Gasteiger charge is -2.10. The number of imidazole rings is 1. The van der Waals surface area contributed by atoms with Gasteiger partial charge in [-0.3, -0.25) is 4.79 Å². The molecule has 0 radical (unpaired) electrons. The summed E-state index contributed by atoms with van der Waals surface area (Å²) in [6.07, 6.45) is -2.86. The highest BCUT2D eigenvalue weighted by Gasteiger charge is 2.29. The molecule has 0 bridgehead atoms. The van der Waals surface area contributed by atoms with Crippen LogP contribution in [0.25, 0.3) is 11.2 Å². The van der Waals surface area contributed by atoms with Crippen molar-refractivity contribution in [1.82, 2.24) is 19.5 Å². The van der Waals surface area contributed by atoms with E-state index in [2.05, 4.69) is 25.6 Å². The van der Waals surface area contributed by atoms with Crippen molar-refractivity contribution >= 4 is 45.9 Å². The van der Waals surface area contributed by atoms with E-state index in [1.165, 1.54) is 25.4 Å². The number of amides is 1. The second-order valence-corrected chi connectivity index (χ2v) is 7.30. The molecule has 2 heterocycles. The minimum atomic E-state index is -4.39. The number of carbonyl (C=O) groups excluding carboxylic acids is 1. The lowest BCUT2D eigenvalue weighted by atomic mass is 10.1. The Labute approximate surface area is 185 Å². The van der Waals surface area contributed by atoms with Gasteiger partial charge in [0.2, 0.25) is 11.2 Å². The van der Waals surface area contributed by atoms with E-state index >= 15 is 0 Å². The molecule has 0 saturated heterocycles. The Hall–Kier alpha value is -3.66. The minimum Gasteiger partial charge on any atom is -0.338 e. The Bertz CT molecular complexity index is 1270. The largest absolute Gasteiger partial charge is 0.416 e. The average Bonchev–Trinajstić information content (AvgIpc) is 3.11. The quantitative estimate of drug-likeness (QED) is 0.397. The third-order valence-corrected chi connectivity index (χ3v) is 4.71. The summed E-state index contributed by atoms with van der Waals surface area (Å²) in [7, 11) is 0. The van der Waals surface area contributed by atoms with Crippen LogP contribution >= 0.6 is 11.6 Å². The Morgan fingerprint density at radius 2 is 1.69 bits per heavy atom. The van der Waals surface area contributed by atoms with Crippen molar-refractivity contribution in [3.05, 3.63) is 71.3 Å². The molecule has 0 fully saturated rings. The van der Waals surface area contributed by atoms with Gasteiger partial charge in [0.1, 0.15) is 0 Å². The third kappa shape index (κ3) is 4.80. The number of carbonyl (C=O) groups is 1. The fourth-order valence-electron chi connectivity index (χ4n) is 3.09. The van der Waals surface area contributed by atoms with Crippen LogP contribution in [-0.2, 0) is 17.5 Å². The maximum atomic E-state index is 12.8. The number of fused-ring (bicyclic) bond motifs is 1. The van der Waals surface area contributed by atoms with Gasteiger partial charge >= 0.3 is 6.18 Å². The topological polar surface area (TPSA) is 84.7 Å². The first kappa shape index (κ1) is 21.6. The van der Waals surface area contributed by atoms with E-state index < -0.39 is 11.7 Å². The molecule has 0 unspecified atom stereocenters. The Balaban J connectivity index is 1.59. The number of alkyl halides is 3. The molecule has 2 aromatic carbocycles. The first-order chi connectivity index (χ1) is 15.2. The van der Waals surface area contributed by atoms with Gasteiger partial charge in [0.25, 0.3) is 0 Å². The van der Waals surface area contributed by atoms with Crippen LogP contribution in [0.4, 0.5) is 30.4 Å². The lowest BCUT2D eigenvalue weighted by molar-refractivity contribution is -0.137. The smallest absolute Gasteiger partial charge is 0.338 e. The van der Waals surface area contributed by atoms with Gasteiger partial charge in [0.05, 0.1) is 18.4 Å². The maximum Gasteiger partial charge on any atom is 0.416 e. The second kappa shape index (κ2) is 8.46. The molecule has 2 aromatic heterocycles. The predicted octanol–water partition coefficient (Wildman–Crippen LogP) is 5.25. The number of hydrogen-bond donors (Lipinski definition) is 2. The summed E-state index contributed by atoms with van der Waals surface area (Å²) in [5, 5.41) is 5.79.